The first-order chi connectivity index (χ1) is 9.11. The zero-order valence-corrected chi connectivity index (χ0v) is 11.3. The predicted molar refractivity (Wildman–Crippen MR) is 73.3 cm³/mol. The summed E-state index contributed by atoms with van der Waals surface area (Å²) in [6, 6.07) is 5.02. The highest BCUT2D eigenvalue weighted by Gasteiger charge is 2.25. The lowest BCUT2D eigenvalue weighted by atomic mass is 10.0. The highest BCUT2D eigenvalue weighted by Crippen LogP contribution is 2.22. The van der Waals surface area contributed by atoms with E-state index in [0.717, 1.165) is 13.0 Å². The summed E-state index contributed by atoms with van der Waals surface area (Å²) >= 11 is 0. The Morgan fingerprint density at radius 2 is 2.37 bits per heavy atom. The molecule has 1 aromatic carbocycles. The van der Waals surface area contributed by atoms with Crippen LogP contribution in [-0.2, 0) is 4.74 Å². The minimum atomic E-state index is -0.143. The van der Waals surface area contributed by atoms with E-state index in [2.05, 4.69) is 5.32 Å². The third-order valence-corrected chi connectivity index (χ3v) is 3.53. The minimum Gasteiger partial charge on any atom is -0.496 e. The first-order valence-corrected chi connectivity index (χ1v) is 6.45. The third-order valence-electron chi connectivity index (χ3n) is 3.53. The van der Waals surface area contributed by atoms with E-state index in [1.165, 1.54) is 7.11 Å². The van der Waals surface area contributed by atoms with E-state index in [1.54, 1.807) is 18.2 Å². The number of carbonyl (C=O) groups excluding carboxylic acids is 1. The van der Waals surface area contributed by atoms with Crippen LogP contribution in [0.5, 0.6) is 5.75 Å². The molecule has 0 aromatic heterocycles. The molecular weight excluding hydrogens is 244 g/mol. The fourth-order valence-corrected chi connectivity index (χ4v) is 2.26. The van der Waals surface area contributed by atoms with E-state index in [4.69, 9.17) is 15.2 Å². The summed E-state index contributed by atoms with van der Waals surface area (Å²) in [7, 11) is 1.53. The van der Waals surface area contributed by atoms with E-state index in [-0.39, 0.29) is 12.0 Å². The maximum absolute atomic E-state index is 12.1. The maximum atomic E-state index is 12.1. The van der Waals surface area contributed by atoms with Gasteiger partial charge < -0.3 is 20.5 Å². The first-order valence-electron chi connectivity index (χ1n) is 6.45. The largest absolute Gasteiger partial charge is 0.496 e. The Morgan fingerprint density at radius 1 is 1.58 bits per heavy atom. The van der Waals surface area contributed by atoms with Gasteiger partial charge in [0.1, 0.15) is 5.75 Å². The molecule has 0 spiro atoms. The number of anilines is 1. The van der Waals surface area contributed by atoms with Crippen molar-refractivity contribution in [3.8, 4) is 5.75 Å². The number of amides is 1. The van der Waals surface area contributed by atoms with Crippen molar-refractivity contribution in [1.29, 1.82) is 0 Å². The highest BCUT2D eigenvalue weighted by molar-refractivity contribution is 5.97. The predicted octanol–water partition coefficient (Wildman–Crippen LogP) is 1.43. The van der Waals surface area contributed by atoms with Gasteiger partial charge in [0.2, 0.25) is 0 Å². The van der Waals surface area contributed by atoms with E-state index in [1.807, 2.05) is 6.92 Å². The van der Waals surface area contributed by atoms with Crippen molar-refractivity contribution >= 4 is 11.6 Å². The monoisotopic (exact) mass is 264 g/mol. The van der Waals surface area contributed by atoms with Crippen LogP contribution < -0.4 is 15.8 Å². The number of nitrogen functional groups attached to an aromatic ring is 1. The standard InChI is InChI=1S/C14H20N2O3/c1-9-10(5-6-19-9)8-16-14(17)12-4-3-11(15)7-13(12)18-2/h3-4,7,9-10H,5-6,8,15H2,1-2H3,(H,16,17). The van der Waals surface area contributed by atoms with Crippen molar-refractivity contribution in [1.82, 2.24) is 5.32 Å². The Morgan fingerprint density at radius 3 is 3.00 bits per heavy atom. The fourth-order valence-electron chi connectivity index (χ4n) is 2.26. The van der Waals surface area contributed by atoms with Crippen molar-refractivity contribution in [2.24, 2.45) is 5.92 Å². The molecule has 1 amide bonds. The number of ether oxygens (including phenoxy) is 2. The molecule has 1 saturated heterocycles. The lowest BCUT2D eigenvalue weighted by Crippen LogP contribution is -2.32. The van der Waals surface area contributed by atoms with Crippen molar-refractivity contribution in [2.45, 2.75) is 19.4 Å². The molecular formula is C14H20N2O3. The number of nitrogens with two attached hydrogens (primary N) is 1. The molecule has 0 radical (unpaired) electrons. The quantitative estimate of drug-likeness (QED) is 0.807. The minimum absolute atomic E-state index is 0.143. The third kappa shape index (κ3) is 3.17. The Balaban J connectivity index is 1.99. The van der Waals surface area contributed by atoms with Gasteiger partial charge in [-0.15, -0.1) is 0 Å². The molecule has 5 nitrogen and oxygen atoms in total. The van der Waals surface area contributed by atoms with Crippen molar-refractivity contribution < 1.29 is 14.3 Å². The molecule has 19 heavy (non-hydrogen) atoms. The zero-order valence-electron chi connectivity index (χ0n) is 11.3. The molecule has 0 aliphatic carbocycles. The number of benzene rings is 1. The Kier molecular flexibility index (Phi) is 4.27. The van der Waals surface area contributed by atoms with Gasteiger partial charge in [-0.1, -0.05) is 0 Å². The molecule has 3 N–H and O–H groups in total. The van der Waals surface area contributed by atoms with Crippen LogP contribution in [0, 0.1) is 5.92 Å². The van der Waals surface area contributed by atoms with Gasteiger partial charge in [0, 0.05) is 30.8 Å². The second kappa shape index (κ2) is 5.93. The number of nitrogens with one attached hydrogen (secondary N) is 1. The molecule has 5 heteroatoms. The first kappa shape index (κ1) is 13.7. The summed E-state index contributed by atoms with van der Waals surface area (Å²) in [6.07, 6.45) is 1.19. The topological polar surface area (TPSA) is 73.6 Å². The zero-order chi connectivity index (χ0) is 13.8. The molecule has 0 bridgehead atoms. The van der Waals surface area contributed by atoms with Crippen LogP contribution in [0.1, 0.15) is 23.7 Å². The van der Waals surface area contributed by atoms with Gasteiger partial charge in [-0.25, -0.2) is 0 Å². The summed E-state index contributed by atoms with van der Waals surface area (Å²) in [6.45, 7) is 3.42. The van der Waals surface area contributed by atoms with Crippen LogP contribution >= 0.6 is 0 Å². The van der Waals surface area contributed by atoms with Gasteiger partial charge in [-0.3, -0.25) is 4.79 Å². The van der Waals surface area contributed by atoms with Crippen LogP contribution in [0.25, 0.3) is 0 Å². The molecule has 1 fully saturated rings. The van der Waals surface area contributed by atoms with Crippen LogP contribution in [0.15, 0.2) is 18.2 Å². The number of rotatable bonds is 4. The van der Waals surface area contributed by atoms with Gasteiger partial charge in [-0.2, -0.15) is 0 Å². The molecule has 104 valence electrons. The molecule has 2 atom stereocenters. The summed E-state index contributed by atoms with van der Waals surface area (Å²) < 4.78 is 10.6. The van der Waals surface area contributed by atoms with Gasteiger partial charge in [0.25, 0.3) is 5.91 Å². The molecule has 2 rings (SSSR count). The van der Waals surface area contributed by atoms with Crippen LogP contribution in [0.4, 0.5) is 5.69 Å². The van der Waals surface area contributed by atoms with E-state index >= 15 is 0 Å². The molecule has 0 saturated carbocycles. The van der Waals surface area contributed by atoms with Gasteiger partial charge in [0.15, 0.2) is 0 Å². The van der Waals surface area contributed by atoms with Crippen LogP contribution in [0.2, 0.25) is 0 Å². The number of carbonyl (C=O) groups is 1. The average Bonchev–Trinajstić information content (AvgIpc) is 2.81. The second-order valence-corrected chi connectivity index (χ2v) is 4.79. The maximum Gasteiger partial charge on any atom is 0.255 e. The summed E-state index contributed by atoms with van der Waals surface area (Å²) in [5.74, 6) is 0.730. The van der Waals surface area contributed by atoms with E-state index in [9.17, 15) is 4.79 Å². The summed E-state index contributed by atoms with van der Waals surface area (Å²) in [4.78, 5) is 12.1. The SMILES string of the molecule is COc1cc(N)ccc1C(=O)NCC1CCOC1C. The van der Waals surface area contributed by atoms with Gasteiger partial charge >= 0.3 is 0 Å². The Bertz CT molecular complexity index is 462. The summed E-state index contributed by atoms with van der Waals surface area (Å²) in [5, 5.41) is 2.93. The van der Waals surface area contributed by atoms with Gasteiger partial charge in [0.05, 0.1) is 18.8 Å². The second-order valence-electron chi connectivity index (χ2n) is 4.79. The van der Waals surface area contributed by atoms with E-state index in [0.29, 0.717) is 29.5 Å². The molecule has 1 aromatic rings. The lowest BCUT2D eigenvalue weighted by molar-refractivity contribution is 0.0905. The van der Waals surface area contributed by atoms with Crippen LogP contribution in [-0.4, -0.2) is 32.3 Å². The van der Waals surface area contributed by atoms with Crippen LogP contribution in [0.3, 0.4) is 0 Å². The Hall–Kier alpha value is -1.75. The lowest BCUT2D eigenvalue weighted by Gasteiger charge is -2.15. The average molecular weight is 264 g/mol. The Labute approximate surface area is 113 Å². The number of hydrogen-bond donors (Lipinski definition) is 2. The van der Waals surface area contributed by atoms with Crippen molar-refractivity contribution in [2.75, 3.05) is 26.0 Å². The van der Waals surface area contributed by atoms with Gasteiger partial charge in [-0.05, 0) is 25.5 Å². The van der Waals surface area contributed by atoms with Crippen molar-refractivity contribution in [3.05, 3.63) is 23.8 Å². The molecule has 1 aliphatic heterocycles. The number of methoxy groups -OCH3 is 1. The summed E-state index contributed by atoms with van der Waals surface area (Å²) in [5.41, 5.74) is 6.74. The molecule has 2 unspecified atom stereocenters. The highest BCUT2D eigenvalue weighted by atomic mass is 16.5. The number of hydrogen-bond acceptors (Lipinski definition) is 4. The molecule has 1 heterocycles. The normalized spacial score (nSPS) is 22.2. The molecule has 1 aliphatic rings. The van der Waals surface area contributed by atoms with Crippen molar-refractivity contribution in [3.63, 3.8) is 0 Å². The smallest absolute Gasteiger partial charge is 0.255 e. The van der Waals surface area contributed by atoms with E-state index < -0.39 is 0 Å². The fraction of sp³-hybridized carbons (Fsp3) is 0.500.